The van der Waals surface area contributed by atoms with Gasteiger partial charge in [-0.1, -0.05) is 29.8 Å². The number of methoxy groups -OCH3 is 1. The molecule has 2 amide bonds. The Morgan fingerprint density at radius 3 is 2.59 bits per heavy atom. The first-order valence-electron chi connectivity index (χ1n) is 9.46. The molecule has 1 unspecified atom stereocenters. The van der Waals surface area contributed by atoms with Gasteiger partial charge in [0.1, 0.15) is 11.6 Å². The fourth-order valence-corrected chi connectivity index (χ4v) is 4.86. The van der Waals surface area contributed by atoms with Gasteiger partial charge in [-0.2, -0.15) is 0 Å². The van der Waals surface area contributed by atoms with E-state index in [2.05, 4.69) is 10.6 Å². The molecule has 0 saturated heterocycles. The predicted octanol–water partition coefficient (Wildman–Crippen LogP) is 3.13. The number of urea groups is 1. The number of esters is 1. The third kappa shape index (κ3) is 4.86. The topological polar surface area (TPSA) is 111 Å². The highest BCUT2D eigenvalue weighted by Gasteiger charge is 2.37. The second-order valence-corrected chi connectivity index (χ2v) is 9.12. The average molecular weight is 483 g/mol. The quantitative estimate of drug-likeness (QED) is 0.463. The molecule has 0 bridgehead atoms. The molecular formula is C21H20ClFN2O6S. The number of amides is 2. The van der Waals surface area contributed by atoms with Gasteiger partial charge in [-0.3, -0.25) is 0 Å². The number of para-hydroxylation sites is 1. The molecule has 0 spiro atoms. The molecule has 0 saturated carbocycles. The molecule has 1 aliphatic rings. The standard InChI is InChI=1S/C21H20ClFN2O6S/c1-3-31-20(26)18-16(11-32(28,29)12-8-9-15(23)14(22)10-12)24-21(27)25-19(18)13-6-4-5-7-17(13)30-2/h4-10,19H,3,11H2,1-2H3,(H2,24,25,27). The number of halogens is 2. The fourth-order valence-electron chi connectivity index (χ4n) is 3.26. The lowest BCUT2D eigenvalue weighted by molar-refractivity contribution is -0.139. The number of hydrogen-bond donors (Lipinski definition) is 2. The number of rotatable bonds is 7. The highest BCUT2D eigenvalue weighted by Crippen LogP contribution is 2.34. The summed E-state index contributed by atoms with van der Waals surface area (Å²) in [4.78, 5) is 25.0. The van der Waals surface area contributed by atoms with Crippen LogP contribution < -0.4 is 15.4 Å². The van der Waals surface area contributed by atoms with Crippen LogP contribution in [-0.4, -0.2) is 39.9 Å². The van der Waals surface area contributed by atoms with E-state index in [4.69, 9.17) is 21.1 Å². The van der Waals surface area contributed by atoms with Gasteiger partial charge in [-0.05, 0) is 31.2 Å². The van der Waals surface area contributed by atoms with Crippen molar-refractivity contribution in [3.63, 3.8) is 0 Å². The molecule has 8 nitrogen and oxygen atoms in total. The van der Waals surface area contributed by atoms with E-state index in [0.717, 1.165) is 18.2 Å². The monoisotopic (exact) mass is 482 g/mol. The van der Waals surface area contributed by atoms with Crippen LogP contribution in [-0.2, 0) is 19.4 Å². The van der Waals surface area contributed by atoms with Crippen molar-refractivity contribution in [2.45, 2.75) is 17.9 Å². The van der Waals surface area contributed by atoms with E-state index < -0.39 is 39.4 Å². The number of benzene rings is 2. The number of nitrogens with one attached hydrogen (secondary N) is 2. The number of ether oxygens (including phenoxy) is 2. The maximum absolute atomic E-state index is 13.5. The van der Waals surface area contributed by atoms with Crippen molar-refractivity contribution in [3.05, 3.63) is 70.1 Å². The first-order chi connectivity index (χ1) is 15.2. The summed E-state index contributed by atoms with van der Waals surface area (Å²) in [5.41, 5.74) is 0.184. The molecule has 32 heavy (non-hydrogen) atoms. The van der Waals surface area contributed by atoms with Crippen LogP contribution in [0.15, 0.2) is 58.6 Å². The highest BCUT2D eigenvalue weighted by molar-refractivity contribution is 7.91. The molecule has 0 fully saturated rings. The van der Waals surface area contributed by atoms with Crippen molar-refractivity contribution in [2.24, 2.45) is 0 Å². The lowest BCUT2D eigenvalue weighted by Crippen LogP contribution is -2.47. The summed E-state index contributed by atoms with van der Waals surface area (Å²) in [7, 11) is -2.69. The maximum Gasteiger partial charge on any atom is 0.338 e. The SMILES string of the molecule is CCOC(=O)C1=C(CS(=O)(=O)c2ccc(F)c(Cl)c2)NC(=O)NC1c1ccccc1OC. The van der Waals surface area contributed by atoms with Crippen LogP contribution in [0.1, 0.15) is 18.5 Å². The molecule has 1 heterocycles. The second-order valence-electron chi connectivity index (χ2n) is 6.72. The van der Waals surface area contributed by atoms with Gasteiger partial charge in [0.2, 0.25) is 0 Å². The van der Waals surface area contributed by atoms with E-state index in [1.807, 2.05) is 0 Å². The van der Waals surface area contributed by atoms with Gasteiger partial charge in [-0.15, -0.1) is 0 Å². The van der Waals surface area contributed by atoms with Crippen LogP contribution in [0, 0.1) is 5.82 Å². The van der Waals surface area contributed by atoms with Crippen molar-refractivity contribution >= 4 is 33.4 Å². The zero-order valence-electron chi connectivity index (χ0n) is 17.1. The van der Waals surface area contributed by atoms with Gasteiger partial charge >= 0.3 is 12.0 Å². The van der Waals surface area contributed by atoms with Crippen molar-refractivity contribution in [1.29, 1.82) is 0 Å². The summed E-state index contributed by atoms with van der Waals surface area (Å²) < 4.78 is 50.0. The first kappa shape index (κ1) is 23.6. The van der Waals surface area contributed by atoms with E-state index in [0.29, 0.717) is 11.3 Å². The van der Waals surface area contributed by atoms with Crippen LogP contribution in [0.25, 0.3) is 0 Å². The Labute approximate surface area is 189 Å². The number of hydrogen-bond acceptors (Lipinski definition) is 6. The van der Waals surface area contributed by atoms with Gasteiger partial charge in [-0.25, -0.2) is 22.4 Å². The van der Waals surface area contributed by atoms with E-state index >= 15 is 0 Å². The van der Waals surface area contributed by atoms with Crippen LogP contribution in [0.2, 0.25) is 5.02 Å². The van der Waals surface area contributed by atoms with Crippen molar-refractivity contribution in [3.8, 4) is 5.75 Å². The Bertz CT molecular complexity index is 1200. The minimum absolute atomic E-state index is 0.0303. The molecule has 170 valence electrons. The maximum atomic E-state index is 13.5. The van der Waals surface area contributed by atoms with Crippen LogP contribution >= 0.6 is 11.6 Å². The molecule has 1 atom stereocenters. The van der Waals surface area contributed by atoms with Crippen LogP contribution in [0.4, 0.5) is 9.18 Å². The molecule has 11 heteroatoms. The Morgan fingerprint density at radius 1 is 1.22 bits per heavy atom. The van der Waals surface area contributed by atoms with Crippen LogP contribution in [0.5, 0.6) is 5.75 Å². The van der Waals surface area contributed by atoms with Crippen molar-refractivity contribution in [1.82, 2.24) is 10.6 Å². The Hall–Kier alpha value is -3.11. The minimum atomic E-state index is -4.12. The first-order valence-corrected chi connectivity index (χ1v) is 11.5. The van der Waals surface area contributed by atoms with E-state index in [1.165, 1.54) is 7.11 Å². The third-order valence-corrected chi connectivity index (χ3v) is 6.61. The number of carbonyl (C=O) groups is 2. The summed E-state index contributed by atoms with van der Waals surface area (Å²) in [6, 6.07) is 7.89. The zero-order valence-corrected chi connectivity index (χ0v) is 18.7. The Morgan fingerprint density at radius 2 is 1.94 bits per heavy atom. The molecule has 0 aliphatic carbocycles. The highest BCUT2D eigenvalue weighted by atomic mass is 35.5. The van der Waals surface area contributed by atoms with Crippen LogP contribution in [0.3, 0.4) is 0 Å². The molecular weight excluding hydrogens is 463 g/mol. The summed E-state index contributed by atoms with van der Waals surface area (Å²) in [6.45, 7) is 1.63. The molecule has 2 aromatic carbocycles. The third-order valence-electron chi connectivity index (χ3n) is 4.68. The van der Waals surface area contributed by atoms with E-state index in [9.17, 15) is 22.4 Å². The summed E-state index contributed by atoms with van der Waals surface area (Å²) in [6.07, 6.45) is 0. The van der Waals surface area contributed by atoms with Gasteiger partial charge in [0, 0.05) is 11.3 Å². The summed E-state index contributed by atoms with van der Waals surface area (Å²) >= 11 is 5.72. The molecule has 2 aromatic rings. The smallest absolute Gasteiger partial charge is 0.338 e. The van der Waals surface area contributed by atoms with E-state index in [-0.39, 0.29) is 27.8 Å². The molecule has 0 radical (unpaired) electrons. The predicted molar refractivity (Wildman–Crippen MR) is 115 cm³/mol. The summed E-state index contributed by atoms with van der Waals surface area (Å²) in [5.74, 6) is -1.95. The van der Waals surface area contributed by atoms with Gasteiger partial charge in [0.05, 0.1) is 41.0 Å². The number of sulfone groups is 1. The zero-order chi connectivity index (χ0) is 23.5. The Balaban J connectivity index is 2.14. The molecule has 3 rings (SSSR count). The fraction of sp³-hybridized carbons (Fsp3) is 0.238. The lowest BCUT2D eigenvalue weighted by atomic mass is 9.95. The normalized spacial score (nSPS) is 16.2. The molecule has 0 aromatic heterocycles. The van der Waals surface area contributed by atoms with E-state index in [1.54, 1.807) is 31.2 Å². The summed E-state index contributed by atoms with van der Waals surface area (Å²) in [5, 5.41) is 4.64. The lowest BCUT2D eigenvalue weighted by Gasteiger charge is -2.30. The number of carbonyl (C=O) groups excluding carboxylic acids is 2. The average Bonchev–Trinajstić information content (AvgIpc) is 2.74. The molecule has 2 N–H and O–H groups in total. The van der Waals surface area contributed by atoms with Gasteiger partial charge in [0.15, 0.2) is 9.84 Å². The van der Waals surface area contributed by atoms with Crippen molar-refractivity contribution < 1.29 is 31.9 Å². The minimum Gasteiger partial charge on any atom is -0.496 e. The largest absolute Gasteiger partial charge is 0.496 e. The second kappa shape index (κ2) is 9.58. The van der Waals surface area contributed by atoms with Gasteiger partial charge < -0.3 is 20.1 Å². The molecule has 1 aliphatic heterocycles. The Kier molecular flexibility index (Phi) is 7.05. The van der Waals surface area contributed by atoms with Gasteiger partial charge in [0.25, 0.3) is 0 Å². The van der Waals surface area contributed by atoms with Crippen molar-refractivity contribution in [2.75, 3.05) is 19.5 Å².